The van der Waals surface area contributed by atoms with E-state index in [-0.39, 0.29) is 5.78 Å². The lowest BCUT2D eigenvalue weighted by atomic mass is 9.95. The number of carbonyl (C=O) groups excluding carboxylic acids is 2. The highest BCUT2D eigenvalue weighted by Crippen LogP contribution is 2.17. The number of carbonyl (C=O) groups is 2. The molecule has 0 amide bonds. The second-order valence-corrected chi connectivity index (χ2v) is 2.99. The van der Waals surface area contributed by atoms with E-state index in [0.29, 0.717) is 28.5 Å². The van der Waals surface area contributed by atoms with Crippen LogP contribution in [0.1, 0.15) is 38.8 Å². The van der Waals surface area contributed by atoms with Crippen molar-refractivity contribution in [2.75, 3.05) is 0 Å². The molecule has 1 aromatic carbocycles. The van der Waals surface area contributed by atoms with Gasteiger partial charge in [0.05, 0.1) is 11.6 Å². The first-order chi connectivity index (χ1) is 6.61. The number of nitriles is 1. The first-order valence-corrected chi connectivity index (χ1v) is 4.11. The standard InChI is InChI=1S/C11H9NO2/c1-7-10(6-13)4-3-9(5-12)11(7)8(2)14/h3-4,6H,1-2H3. The predicted octanol–water partition coefficient (Wildman–Crippen LogP) is 1.88. The van der Waals surface area contributed by atoms with Crippen molar-refractivity contribution in [1.29, 1.82) is 5.26 Å². The highest BCUT2D eigenvalue weighted by Gasteiger charge is 2.12. The average Bonchev–Trinajstić information content (AvgIpc) is 2.16. The summed E-state index contributed by atoms with van der Waals surface area (Å²) in [7, 11) is 0. The summed E-state index contributed by atoms with van der Waals surface area (Å²) in [6.45, 7) is 3.05. The summed E-state index contributed by atoms with van der Waals surface area (Å²) in [6.07, 6.45) is 0.683. The monoisotopic (exact) mass is 187 g/mol. The second-order valence-electron chi connectivity index (χ2n) is 2.99. The Kier molecular flexibility index (Phi) is 2.78. The third-order valence-corrected chi connectivity index (χ3v) is 2.11. The average molecular weight is 187 g/mol. The van der Waals surface area contributed by atoms with Gasteiger partial charge in [0.2, 0.25) is 0 Å². The molecule has 3 heteroatoms. The number of hydrogen-bond acceptors (Lipinski definition) is 3. The summed E-state index contributed by atoms with van der Waals surface area (Å²) in [5.74, 6) is -0.192. The minimum atomic E-state index is -0.192. The molecule has 0 unspecified atom stereocenters. The van der Waals surface area contributed by atoms with E-state index in [4.69, 9.17) is 5.26 Å². The molecule has 0 heterocycles. The van der Waals surface area contributed by atoms with Gasteiger partial charge >= 0.3 is 0 Å². The lowest BCUT2D eigenvalue weighted by Crippen LogP contribution is -2.03. The van der Waals surface area contributed by atoms with E-state index in [1.165, 1.54) is 13.0 Å². The van der Waals surface area contributed by atoms with Gasteiger partial charge in [-0.3, -0.25) is 9.59 Å². The first-order valence-electron chi connectivity index (χ1n) is 4.11. The van der Waals surface area contributed by atoms with Gasteiger partial charge in [-0.25, -0.2) is 0 Å². The molecule has 0 spiro atoms. The van der Waals surface area contributed by atoms with Crippen molar-refractivity contribution in [3.05, 3.63) is 34.4 Å². The zero-order valence-corrected chi connectivity index (χ0v) is 8.00. The number of rotatable bonds is 2. The van der Waals surface area contributed by atoms with E-state index in [2.05, 4.69) is 0 Å². The maximum atomic E-state index is 11.2. The fourth-order valence-corrected chi connectivity index (χ4v) is 1.40. The SMILES string of the molecule is CC(=O)c1c(C#N)ccc(C=O)c1C. The van der Waals surface area contributed by atoms with Crippen molar-refractivity contribution in [2.24, 2.45) is 0 Å². The lowest BCUT2D eigenvalue weighted by Gasteiger charge is -2.06. The van der Waals surface area contributed by atoms with Crippen LogP contribution >= 0.6 is 0 Å². The minimum absolute atomic E-state index is 0.192. The summed E-state index contributed by atoms with van der Waals surface area (Å²) in [4.78, 5) is 21.9. The highest BCUT2D eigenvalue weighted by molar-refractivity contribution is 6.00. The van der Waals surface area contributed by atoms with Gasteiger partial charge in [-0.15, -0.1) is 0 Å². The molecule has 0 atom stereocenters. The Morgan fingerprint density at radius 1 is 1.50 bits per heavy atom. The van der Waals surface area contributed by atoms with Crippen molar-refractivity contribution < 1.29 is 9.59 Å². The zero-order valence-electron chi connectivity index (χ0n) is 8.00. The fourth-order valence-electron chi connectivity index (χ4n) is 1.40. The highest BCUT2D eigenvalue weighted by atomic mass is 16.1. The number of ketones is 1. The molecule has 0 fully saturated rings. The molecule has 0 N–H and O–H groups in total. The van der Waals surface area contributed by atoms with Crippen LogP contribution in [0.2, 0.25) is 0 Å². The quantitative estimate of drug-likeness (QED) is 0.524. The van der Waals surface area contributed by atoms with E-state index in [1.807, 2.05) is 6.07 Å². The zero-order chi connectivity index (χ0) is 10.7. The van der Waals surface area contributed by atoms with Crippen LogP contribution in [0.3, 0.4) is 0 Å². The van der Waals surface area contributed by atoms with E-state index in [9.17, 15) is 9.59 Å². The van der Waals surface area contributed by atoms with E-state index >= 15 is 0 Å². The van der Waals surface area contributed by atoms with E-state index < -0.39 is 0 Å². The van der Waals surface area contributed by atoms with Gasteiger partial charge in [-0.1, -0.05) is 6.07 Å². The third kappa shape index (κ3) is 1.55. The van der Waals surface area contributed by atoms with Crippen molar-refractivity contribution >= 4 is 12.1 Å². The summed E-state index contributed by atoms with van der Waals surface area (Å²) >= 11 is 0. The molecule has 0 radical (unpaired) electrons. The molecule has 1 rings (SSSR count). The van der Waals surface area contributed by atoms with Gasteiger partial charge in [-0.05, 0) is 25.5 Å². The van der Waals surface area contributed by atoms with Gasteiger partial charge in [0.25, 0.3) is 0 Å². The molecule has 0 aliphatic heterocycles. The molecule has 3 nitrogen and oxygen atoms in total. The van der Waals surface area contributed by atoms with Crippen LogP contribution in [0.15, 0.2) is 12.1 Å². The minimum Gasteiger partial charge on any atom is -0.298 e. The van der Waals surface area contributed by atoms with Gasteiger partial charge in [0.15, 0.2) is 5.78 Å². The smallest absolute Gasteiger partial charge is 0.161 e. The van der Waals surface area contributed by atoms with Crippen molar-refractivity contribution in [1.82, 2.24) is 0 Å². The molecule has 0 saturated heterocycles. The Balaban J connectivity index is 3.56. The number of hydrogen-bond donors (Lipinski definition) is 0. The van der Waals surface area contributed by atoms with Crippen molar-refractivity contribution in [2.45, 2.75) is 13.8 Å². The van der Waals surface area contributed by atoms with Gasteiger partial charge in [0.1, 0.15) is 6.29 Å². The summed E-state index contributed by atoms with van der Waals surface area (Å²) < 4.78 is 0. The van der Waals surface area contributed by atoms with Crippen LogP contribution < -0.4 is 0 Å². The summed E-state index contributed by atoms with van der Waals surface area (Å²) in [5, 5.41) is 8.76. The molecule has 0 aliphatic carbocycles. The third-order valence-electron chi connectivity index (χ3n) is 2.11. The molecule has 0 bridgehead atoms. The summed E-state index contributed by atoms with van der Waals surface area (Å²) in [6, 6.07) is 4.97. The number of aldehydes is 1. The maximum absolute atomic E-state index is 11.2. The molecular formula is C11H9NO2. The topological polar surface area (TPSA) is 57.9 Å². The summed E-state index contributed by atoms with van der Waals surface area (Å²) in [5.41, 5.74) is 1.69. The molecule has 70 valence electrons. The Bertz CT molecular complexity index is 441. The largest absolute Gasteiger partial charge is 0.298 e. The van der Waals surface area contributed by atoms with Crippen LogP contribution in [0.5, 0.6) is 0 Å². The number of benzene rings is 1. The second kappa shape index (κ2) is 3.84. The fraction of sp³-hybridized carbons (Fsp3) is 0.182. The van der Waals surface area contributed by atoms with Crippen LogP contribution in [0.4, 0.5) is 0 Å². The number of Topliss-reactive ketones (excluding diaryl/α,β-unsaturated/α-hetero) is 1. The van der Waals surface area contributed by atoms with Gasteiger partial charge < -0.3 is 0 Å². The molecule has 0 aliphatic rings. The lowest BCUT2D eigenvalue weighted by molar-refractivity contribution is 0.101. The van der Waals surface area contributed by atoms with Crippen LogP contribution in [0.25, 0.3) is 0 Å². The molecule has 14 heavy (non-hydrogen) atoms. The Hall–Kier alpha value is -1.95. The van der Waals surface area contributed by atoms with Crippen molar-refractivity contribution in [3.63, 3.8) is 0 Å². The first kappa shape index (κ1) is 10.1. The molecule has 0 saturated carbocycles. The predicted molar refractivity (Wildman–Crippen MR) is 51.3 cm³/mol. The van der Waals surface area contributed by atoms with Gasteiger partial charge in [-0.2, -0.15) is 5.26 Å². The van der Waals surface area contributed by atoms with E-state index in [0.717, 1.165) is 0 Å². The Labute approximate surface area is 82.0 Å². The molecule has 1 aromatic rings. The number of nitrogens with zero attached hydrogens (tertiary/aromatic N) is 1. The Morgan fingerprint density at radius 2 is 2.14 bits per heavy atom. The maximum Gasteiger partial charge on any atom is 0.161 e. The normalized spacial score (nSPS) is 9.21. The molecular weight excluding hydrogens is 178 g/mol. The Morgan fingerprint density at radius 3 is 2.57 bits per heavy atom. The van der Waals surface area contributed by atoms with E-state index in [1.54, 1.807) is 13.0 Å². The molecule has 0 aromatic heterocycles. The van der Waals surface area contributed by atoms with Crippen molar-refractivity contribution in [3.8, 4) is 6.07 Å². The van der Waals surface area contributed by atoms with Crippen LogP contribution in [0, 0.1) is 18.3 Å². The van der Waals surface area contributed by atoms with Crippen LogP contribution in [-0.4, -0.2) is 12.1 Å². The van der Waals surface area contributed by atoms with Gasteiger partial charge in [0, 0.05) is 11.1 Å². The van der Waals surface area contributed by atoms with Crippen LogP contribution in [-0.2, 0) is 0 Å².